The van der Waals surface area contributed by atoms with Gasteiger partial charge in [0.25, 0.3) is 0 Å². The molecule has 0 aliphatic carbocycles. The van der Waals surface area contributed by atoms with Crippen LogP contribution in [0.1, 0.15) is 16.8 Å². The lowest BCUT2D eigenvalue weighted by atomic mass is 10.1. The van der Waals surface area contributed by atoms with E-state index in [-0.39, 0.29) is 0 Å². The summed E-state index contributed by atoms with van der Waals surface area (Å²) in [5.41, 5.74) is 3.01. The van der Waals surface area contributed by atoms with Gasteiger partial charge >= 0.3 is 0 Å². The number of ether oxygens (including phenoxy) is 4. The summed E-state index contributed by atoms with van der Waals surface area (Å²) in [5, 5.41) is 3.45. The van der Waals surface area contributed by atoms with Crippen LogP contribution in [-0.2, 0) is 19.7 Å². The van der Waals surface area contributed by atoms with Gasteiger partial charge < -0.3 is 24.3 Å². The van der Waals surface area contributed by atoms with Crippen LogP contribution in [0.25, 0.3) is 0 Å². The molecule has 29 heavy (non-hydrogen) atoms. The van der Waals surface area contributed by atoms with Crippen LogP contribution in [0.3, 0.4) is 0 Å². The Kier molecular flexibility index (Phi) is 7.30. The lowest BCUT2D eigenvalue weighted by Crippen LogP contribution is -2.14. The van der Waals surface area contributed by atoms with E-state index in [2.05, 4.69) is 16.4 Å². The quantitative estimate of drug-likeness (QED) is 0.561. The van der Waals surface area contributed by atoms with Gasteiger partial charge in [0.1, 0.15) is 12.4 Å². The van der Waals surface area contributed by atoms with Gasteiger partial charge in [-0.05, 0) is 35.9 Å². The summed E-state index contributed by atoms with van der Waals surface area (Å²) in [6.07, 6.45) is 1.77. The Hall–Kier alpha value is -3.25. The van der Waals surface area contributed by atoms with Crippen molar-refractivity contribution >= 4 is 0 Å². The van der Waals surface area contributed by atoms with E-state index in [9.17, 15) is 0 Å². The maximum atomic E-state index is 5.97. The fraction of sp³-hybridized carbons (Fsp3) is 0.261. The number of nitrogens with one attached hydrogen (secondary N) is 1. The lowest BCUT2D eigenvalue weighted by molar-refractivity contribution is 0.297. The van der Waals surface area contributed by atoms with Crippen molar-refractivity contribution in [1.82, 2.24) is 10.3 Å². The molecule has 1 N–H and O–H groups in total. The van der Waals surface area contributed by atoms with Gasteiger partial charge in [0, 0.05) is 24.8 Å². The van der Waals surface area contributed by atoms with Crippen molar-refractivity contribution in [2.45, 2.75) is 19.7 Å². The smallest absolute Gasteiger partial charge is 0.203 e. The molecule has 0 saturated carbocycles. The maximum absolute atomic E-state index is 5.97. The summed E-state index contributed by atoms with van der Waals surface area (Å²) in [6.45, 7) is 1.74. The van der Waals surface area contributed by atoms with Gasteiger partial charge in [-0.25, -0.2) is 0 Å². The van der Waals surface area contributed by atoms with Crippen LogP contribution < -0.4 is 24.3 Å². The minimum absolute atomic E-state index is 0.435. The lowest BCUT2D eigenvalue weighted by Gasteiger charge is -2.15. The number of aromatic nitrogens is 1. The van der Waals surface area contributed by atoms with Crippen molar-refractivity contribution < 1.29 is 18.9 Å². The highest BCUT2D eigenvalue weighted by atomic mass is 16.5. The standard InChI is InChI=1S/C23H26N2O4/c1-26-21-12-17(13-22(27-2)23(21)28-3)14-24-15-18-8-4-5-10-20(18)29-16-19-9-6-7-11-25-19/h4-13,24H,14-16H2,1-3H3. The van der Waals surface area contributed by atoms with E-state index in [1.54, 1.807) is 27.5 Å². The van der Waals surface area contributed by atoms with E-state index in [1.165, 1.54) is 0 Å². The molecule has 0 unspecified atom stereocenters. The zero-order valence-corrected chi connectivity index (χ0v) is 17.0. The second-order valence-electron chi connectivity index (χ2n) is 6.35. The first-order valence-electron chi connectivity index (χ1n) is 9.35. The summed E-state index contributed by atoms with van der Waals surface area (Å²) >= 11 is 0. The first-order chi connectivity index (χ1) is 14.2. The Balaban J connectivity index is 1.63. The Morgan fingerprint density at radius 2 is 1.52 bits per heavy atom. The highest BCUT2D eigenvalue weighted by molar-refractivity contribution is 5.53. The number of pyridine rings is 1. The van der Waals surface area contributed by atoms with Gasteiger partial charge in [-0.2, -0.15) is 0 Å². The van der Waals surface area contributed by atoms with E-state index < -0.39 is 0 Å². The molecule has 0 bridgehead atoms. The van der Waals surface area contributed by atoms with Crippen molar-refractivity contribution in [1.29, 1.82) is 0 Å². The monoisotopic (exact) mass is 394 g/mol. The molecule has 152 valence electrons. The molecule has 6 nitrogen and oxygen atoms in total. The van der Waals surface area contributed by atoms with Gasteiger partial charge in [-0.3, -0.25) is 4.98 Å². The second kappa shape index (κ2) is 10.3. The molecule has 1 aromatic heterocycles. The Labute approximate surface area is 171 Å². The largest absolute Gasteiger partial charge is 0.493 e. The summed E-state index contributed by atoms with van der Waals surface area (Å²) in [7, 11) is 4.83. The molecule has 1 heterocycles. The molecule has 6 heteroatoms. The summed E-state index contributed by atoms with van der Waals surface area (Å²) in [4.78, 5) is 4.30. The molecule has 2 aromatic carbocycles. The van der Waals surface area contributed by atoms with Crippen LogP contribution in [0.2, 0.25) is 0 Å². The van der Waals surface area contributed by atoms with Crippen molar-refractivity contribution in [3.8, 4) is 23.0 Å². The molecular formula is C23H26N2O4. The topological polar surface area (TPSA) is 61.8 Å². The average molecular weight is 394 g/mol. The van der Waals surface area contributed by atoms with Gasteiger partial charge in [0.05, 0.1) is 27.0 Å². The summed E-state index contributed by atoms with van der Waals surface area (Å²) in [5.74, 6) is 2.72. The minimum atomic E-state index is 0.435. The Morgan fingerprint density at radius 1 is 0.793 bits per heavy atom. The van der Waals surface area contributed by atoms with E-state index >= 15 is 0 Å². The van der Waals surface area contributed by atoms with E-state index in [4.69, 9.17) is 18.9 Å². The fourth-order valence-electron chi connectivity index (χ4n) is 3.00. The van der Waals surface area contributed by atoms with E-state index in [1.807, 2.05) is 48.5 Å². The number of methoxy groups -OCH3 is 3. The number of hydrogen-bond donors (Lipinski definition) is 1. The molecular weight excluding hydrogens is 368 g/mol. The first-order valence-corrected chi connectivity index (χ1v) is 9.35. The van der Waals surface area contributed by atoms with Gasteiger partial charge in [-0.1, -0.05) is 24.3 Å². The van der Waals surface area contributed by atoms with E-state index in [0.717, 1.165) is 22.6 Å². The zero-order valence-electron chi connectivity index (χ0n) is 17.0. The Morgan fingerprint density at radius 3 is 2.17 bits per heavy atom. The molecule has 0 aliphatic rings. The minimum Gasteiger partial charge on any atom is -0.493 e. The SMILES string of the molecule is COc1cc(CNCc2ccccc2OCc2ccccn2)cc(OC)c1OC. The molecule has 3 rings (SSSR count). The number of benzene rings is 2. The second-order valence-corrected chi connectivity index (χ2v) is 6.35. The van der Waals surface area contributed by atoms with Crippen LogP contribution >= 0.6 is 0 Å². The number of para-hydroxylation sites is 1. The summed E-state index contributed by atoms with van der Waals surface area (Å²) in [6, 6.07) is 17.7. The average Bonchev–Trinajstić information content (AvgIpc) is 2.78. The van der Waals surface area contributed by atoms with Crippen molar-refractivity contribution in [2.24, 2.45) is 0 Å². The summed E-state index contributed by atoms with van der Waals surface area (Å²) < 4.78 is 22.2. The molecule has 3 aromatic rings. The molecule has 0 spiro atoms. The third kappa shape index (κ3) is 5.39. The molecule has 0 radical (unpaired) electrons. The Bertz CT molecular complexity index is 891. The van der Waals surface area contributed by atoms with Crippen LogP contribution in [0.5, 0.6) is 23.0 Å². The predicted molar refractivity (Wildman–Crippen MR) is 112 cm³/mol. The predicted octanol–water partition coefficient (Wildman–Crippen LogP) is 3.98. The molecule has 0 saturated heterocycles. The van der Waals surface area contributed by atoms with Gasteiger partial charge in [-0.15, -0.1) is 0 Å². The normalized spacial score (nSPS) is 10.4. The number of hydrogen-bond acceptors (Lipinski definition) is 6. The first kappa shape index (κ1) is 20.5. The van der Waals surface area contributed by atoms with Crippen LogP contribution in [-0.4, -0.2) is 26.3 Å². The van der Waals surface area contributed by atoms with Crippen LogP contribution in [0, 0.1) is 0 Å². The molecule has 0 aliphatic heterocycles. The third-order valence-electron chi connectivity index (χ3n) is 4.44. The molecule has 0 fully saturated rings. The van der Waals surface area contributed by atoms with E-state index in [0.29, 0.717) is 36.9 Å². The molecule has 0 amide bonds. The van der Waals surface area contributed by atoms with Crippen molar-refractivity contribution in [3.63, 3.8) is 0 Å². The van der Waals surface area contributed by atoms with Gasteiger partial charge in [0.15, 0.2) is 11.5 Å². The van der Waals surface area contributed by atoms with Crippen LogP contribution in [0.15, 0.2) is 60.8 Å². The molecule has 0 atom stereocenters. The highest BCUT2D eigenvalue weighted by Gasteiger charge is 2.13. The highest BCUT2D eigenvalue weighted by Crippen LogP contribution is 2.38. The van der Waals surface area contributed by atoms with Gasteiger partial charge in [0.2, 0.25) is 5.75 Å². The number of rotatable bonds is 10. The number of nitrogens with zero attached hydrogens (tertiary/aromatic N) is 1. The van der Waals surface area contributed by atoms with Crippen LogP contribution in [0.4, 0.5) is 0 Å². The third-order valence-corrected chi connectivity index (χ3v) is 4.44. The maximum Gasteiger partial charge on any atom is 0.203 e. The van der Waals surface area contributed by atoms with Crippen molar-refractivity contribution in [2.75, 3.05) is 21.3 Å². The fourth-order valence-corrected chi connectivity index (χ4v) is 3.00. The van der Waals surface area contributed by atoms with Crippen molar-refractivity contribution in [3.05, 3.63) is 77.6 Å². The zero-order chi connectivity index (χ0) is 20.5.